The van der Waals surface area contributed by atoms with E-state index in [1.807, 2.05) is 17.7 Å². The van der Waals surface area contributed by atoms with E-state index in [-0.39, 0.29) is 5.91 Å². The molecule has 0 aromatic carbocycles. The van der Waals surface area contributed by atoms with Crippen LogP contribution in [0.25, 0.3) is 0 Å². The molecule has 1 saturated carbocycles. The van der Waals surface area contributed by atoms with Gasteiger partial charge in [0, 0.05) is 37.5 Å². The predicted molar refractivity (Wildman–Crippen MR) is 97.4 cm³/mol. The molecule has 2 aromatic heterocycles. The zero-order valence-corrected chi connectivity index (χ0v) is 15.7. The number of carbonyl (C=O) groups excluding carboxylic acids is 1. The molecule has 1 fully saturated rings. The number of nitrogens with one attached hydrogen (secondary N) is 1. The second kappa shape index (κ2) is 7.46. The van der Waals surface area contributed by atoms with Crippen LogP contribution >= 0.6 is 0 Å². The molecule has 0 aliphatic heterocycles. The number of hydrogen-bond donors (Lipinski definition) is 1. The molecular weight excluding hydrogens is 314 g/mol. The molecule has 1 N–H and O–H groups in total. The Hall–Kier alpha value is -2.04. The maximum atomic E-state index is 12.1. The molecule has 0 radical (unpaired) electrons. The standard InChI is InChI=1S/C20H29N3O2/c1-13(12-23-16(4)10-15(3)22-23)11-21-20(24)8-6-17-5-7-19(25-17)18-9-14(18)2/h5,7,10,13-14,18H,6,8-9,11-12H2,1-4H3,(H,21,24). The van der Waals surface area contributed by atoms with Crippen molar-refractivity contribution in [1.82, 2.24) is 15.1 Å². The molecule has 2 aromatic rings. The minimum Gasteiger partial charge on any atom is -0.466 e. The SMILES string of the molecule is Cc1cc(C)n(CC(C)CNC(=O)CCc2ccc(C3CC3C)o2)n1. The molecule has 5 heteroatoms. The van der Waals surface area contributed by atoms with Crippen LogP contribution in [0.4, 0.5) is 0 Å². The normalized spacial score (nSPS) is 20.5. The summed E-state index contributed by atoms with van der Waals surface area (Å²) in [6, 6.07) is 6.16. The van der Waals surface area contributed by atoms with Gasteiger partial charge >= 0.3 is 0 Å². The van der Waals surface area contributed by atoms with Crippen molar-refractivity contribution in [3.63, 3.8) is 0 Å². The summed E-state index contributed by atoms with van der Waals surface area (Å²) >= 11 is 0. The van der Waals surface area contributed by atoms with E-state index in [2.05, 4.69) is 43.3 Å². The number of carbonyl (C=O) groups is 1. The zero-order chi connectivity index (χ0) is 18.0. The highest BCUT2D eigenvalue weighted by Crippen LogP contribution is 2.47. The van der Waals surface area contributed by atoms with Gasteiger partial charge in [0.05, 0.1) is 5.69 Å². The first-order valence-corrected chi connectivity index (χ1v) is 9.28. The quantitative estimate of drug-likeness (QED) is 0.796. The summed E-state index contributed by atoms with van der Waals surface area (Å²) < 4.78 is 7.87. The van der Waals surface area contributed by atoms with Crippen LogP contribution in [0.3, 0.4) is 0 Å². The number of aromatic nitrogens is 2. The molecule has 3 rings (SSSR count). The summed E-state index contributed by atoms with van der Waals surface area (Å²) in [6.45, 7) is 9.92. The monoisotopic (exact) mass is 343 g/mol. The molecule has 2 heterocycles. The first-order valence-electron chi connectivity index (χ1n) is 9.28. The number of aryl methyl sites for hydroxylation is 3. The van der Waals surface area contributed by atoms with Crippen LogP contribution in [0.15, 0.2) is 22.6 Å². The van der Waals surface area contributed by atoms with Crippen LogP contribution in [-0.2, 0) is 17.8 Å². The fourth-order valence-electron chi connectivity index (χ4n) is 3.28. The van der Waals surface area contributed by atoms with E-state index < -0.39 is 0 Å². The number of hydrogen-bond acceptors (Lipinski definition) is 3. The van der Waals surface area contributed by atoms with Gasteiger partial charge in [-0.1, -0.05) is 13.8 Å². The lowest BCUT2D eigenvalue weighted by molar-refractivity contribution is -0.121. The molecule has 136 valence electrons. The van der Waals surface area contributed by atoms with Crippen LogP contribution < -0.4 is 5.32 Å². The van der Waals surface area contributed by atoms with Gasteiger partial charge in [-0.05, 0) is 50.3 Å². The van der Waals surface area contributed by atoms with Crippen LogP contribution in [0.2, 0.25) is 0 Å². The van der Waals surface area contributed by atoms with E-state index in [0.717, 1.165) is 35.4 Å². The van der Waals surface area contributed by atoms with Gasteiger partial charge in [0.25, 0.3) is 0 Å². The molecule has 0 spiro atoms. The molecule has 0 saturated heterocycles. The fourth-order valence-corrected chi connectivity index (χ4v) is 3.28. The van der Waals surface area contributed by atoms with Crippen LogP contribution in [0, 0.1) is 25.7 Å². The van der Waals surface area contributed by atoms with Gasteiger partial charge in [-0.2, -0.15) is 5.10 Å². The summed E-state index contributed by atoms with van der Waals surface area (Å²) in [4.78, 5) is 12.1. The summed E-state index contributed by atoms with van der Waals surface area (Å²) in [6.07, 6.45) is 2.36. The summed E-state index contributed by atoms with van der Waals surface area (Å²) in [5, 5.41) is 7.50. The van der Waals surface area contributed by atoms with Gasteiger partial charge in [0.15, 0.2) is 0 Å². The van der Waals surface area contributed by atoms with Crippen molar-refractivity contribution in [2.75, 3.05) is 6.54 Å². The molecule has 25 heavy (non-hydrogen) atoms. The average molecular weight is 343 g/mol. The Morgan fingerprint density at radius 1 is 1.44 bits per heavy atom. The molecule has 3 unspecified atom stereocenters. The highest BCUT2D eigenvalue weighted by atomic mass is 16.3. The molecular formula is C20H29N3O2. The Bertz CT molecular complexity index is 731. The van der Waals surface area contributed by atoms with E-state index in [0.29, 0.717) is 31.2 Å². The van der Waals surface area contributed by atoms with Crippen molar-refractivity contribution in [3.05, 3.63) is 41.1 Å². The Morgan fingerprint density at radius 2 is 2.20 bits per heavy atom. The summed E-state index contributed by atoms with van der Waals surface area (Å²) in [5.74, 6) is 3.76. The van der Waals surface area contributed by atoms with E-state index in [1.165, 1.54) is 6.42 Å². The Morgan fingerprint density at radius 3 is 2.84 bits per heavy atom. The molecule has 1 aliphatic carbocycles. The lowest BCUT2D eigenvalue weighted by Crippen LogP contribution is -2.30. The molecule has 5 nitrogen and oxygen atoms in total. The summed E-state index contributed by atoms with van der Waals surface area (Å²) in [5.41, 5.74) is 2.20. The predicted octanol–water partition coefficient (Wildman–Crippen LogP) is 3.60. The van der Waals surface area contributed by atoms with Gasteiger partial charge in [0.1, 0.15) is 11.5 Å². The maximum Gasteiger partial charge on any atom is 0.220 e. The average Bonchev–Trinajstić information content (AvgIpc) is 2.97. The highest BCUT2D eigenvalue weighted by molar-refractivity contribution is 5.76. The number of rotatable bonds is 8. The van der Waals surface area contributed by atoms with E-state index in [1.54, 1.807) is 0 Å². The lowest BCUT2D eigenvalue weighted by atomic mass is 10.1. The minimum atomic E-state index is 0.0814. The van der Waals surface area contributed by atoms with Crippen molar-refractivity contribution in [3.8, 4) is 0 Å². The summed E-state index contributed by atoms with van der Waals surface area (Å²) in [7, 11) is 0. The number of amides is 1. The van der Waals surface area contributed by atoms with Crippen LogP contribution in [0.5, 0.6) is 0 Å². The van der Waals surface area contributed by atoms with Gasteiger partial charge < -0.3 is 9.73 Å². The lowest BCUT2D eigenvalue weighted by Gasteiger charge is -2.14. The minimum absolute atomic E-state index is 0.0814. The first-order chi connectivity index (χ1) is 11.9. The van der Waals surface area contributed by atoms with Crippen molar-refractivity contribution in [1.29, 1.82) is 0 Å². The highest BCUT2D eigenvalue weighted by Gasteiger charge is 2.36. The fraction of sp³-hybridized carbons (Fsp3) is 0.600. The van der Waals surface area contributed by atoms with Crippen molar-refractivity contribution < 1.29 is 9.21 Å². The molecule has 3 atom stereocenters. The van der Waals surface area contributed by atoms with Gasteiger partial charge in [0.2, 0.25) is 5.91 Å². The topological polar surface area (TPSA) is 60.1 Å². The first kappa shape index (κ1) is 17.8. The smallest absolute Gasteiger partial charge is 0.220 e. The number of furan rings is 1. The largest absolute Gasteiger partial charge is 0.466 e. The van der Waals surface area contributed by atoms with Crippen molar-refractivity contribution in [2.24, 2.45) is 11.8 Å². The molecule has 0 bridgehead atoms. The second-order valence-electron chi connectivity index (χ2n) is 7.64. The van der Waals surface area contributed by atoms with Crippen LogP contribution in [-0.4, -0.2) is 22.2 Å². The van der Waals surface area contributed by atoms with E-state index in [9.17, 15) is 4.79 Å². The van der Waals surface area contributed by atoms with Crippen molar-refractivity contribution >= 4 is 5.91 Å². The Kier molecular flexibility index (Phi) is 5.30. The second-order valence-corrected chi connectivity index (χ2v) is 7.64. The number of nitrogens with zero attached hydrogens (tertiary/aromatic N) is 2. The third-order valence-corrected chi connectivity index (χ3v) is 4.99. The molecule has 1 amide bonds. The third kappa shape index (κ3) is 4.74. The molecule has 1 aliphatic rings. The third-order valence-electron chi connectivity index (χ3n) is 4.99. The van der Waals surface area contributed by atoms with Gasteiger partial charge in [-0.15, -0.1) is 0 Å². The van der Waals surface area contributed by atoms with Crippen LogP contribution in [0.1, 0.15) is 55.5 Å². The maximum absolute atomic E-state index is 12.1. The van der Waals surface area contributed by atoms with E-state index >= 15 is 0 Å². The van der Waals surface area contributed by atoms with E-state index in [4.69, 9.17) is 4.42 Å². The Labute approximate surface area is 149 Å². The van der Waals surface area contributed by atoms with Gasteiger partial charge in [-0.25, -0.2) is 0 Å². The Balaban J connectivity index is 1.37. The van der Waals surface area contributed by atoms with Gasteiger partial charge in [-0.3, -0.25) is 9.48 Å². The zero-order valence-electron chi connectivity index (χ0n) is 15.7. The van der Waals surface area contributed by atoms with Crippen molar-refractivity contribution in [2.45, 2.75) is 59.4 Å².